The monoisotopic (exact) mass is 503 g/mol. The van der Waals surface area contributed by atoms with Gasteiger partial charge in [0.1, 0.15) is 11.9 Å². The van der Waals surface area contributed by atoms with Gasteiger partial charge in [-0.05, 0) is 38.8 Å². The summed E-state index contributed by atoms with van der Waals surface area (Å²) in [6, 6.07) is 14.0. The number of rotatable bonds is 12. The first-order chi connectivity index (χ1) is 17.9. The van der Waals surface area contributed by atoms with Gasteiger partial charge >= 0.3 is 0 Å². The fourth-order valence-electron chi connectivity index (χ4n) is 4.63. The number of imidazole rings is 1. The zero-order valence-corrected chi connectivity index (χ0v) is 22.2. The van der Waals surface area contributed by atoms with Crippen molar-refractivity contribution in [3.63, 3.8) is 0 Å². The summed E-state index contributed by atoms with van der Waals surface area (Å²) in [7, 11) is 1.97. The van der Waals surface area contributed by atoms with E-state index in [1.165, 1.54) is 0 Å². The van der Waals surface area contributed by atoms with E-state index in [1.54, 1.807) is 4.90 Å². The van der Waals surface area contributed by atoms with E-state index in [2.05, 4.69) is 33.8 Å². The molecule has 0 fully saturated rings. The molecule has 1 amide bonds. The highest BCUT2D eigenvalue weighted by molar-refractivity contribution is 5.83. The molecule has 8 heteroatoms. The predicted octanol–water partition coefficient (Wildman–Crippen LogP) is 4.59. The van der Waals surface area contributed by atoms with Gasteiger partial charge in [-0.25, -0.2) is 9.97 Å². The van der Waals surface area contributed by atoms with Crippen LogP contribution in [-0.4, -0.2) is 58.4 Å². The highest BCUT2D eigenvalue weighted by atomic mass is 16.5. The number of aliphatic hydroxyl groups is 1. The first kappa shape index (κ1) is 26.4. The molecule has 0 atom stereocenters. The Morgan fingerprint density at radius 1 is 1.14 bits per heavy atom. The number of hydrogen-bond acceptors (Lipinski definition) is 6. The van der Waals surface area contributed by atoms with Crippen molar-refractivity contribution in [3.05, 3.63) is 65.9 Å². The smallest absolute Gasteiger partial charge is 0.215 e. The normalized spacial score (nSPS) is 13.4. The number of amides is 1. The average Bonchev–Trinajstić information content (AvgIpc) is 3.52. The highest BCUT2D eigenvalue weighted by Crippen LogP contribution is 2.37. The number of hydrogen-bond donors (Lipinski definition) is 1. The lowest BCUT2D eigenvalue weighted by Crippen LogP contribution is -2.32. The van der Waals surface area contributed by atoms with Gasteiger partial charge in [0.2, 0.25) is 12.3 Å². The van der Waals surface area contributed by atoms with Crippen LogP contribution in [-0.2, 0) is 11.3 Å². The van der Waals surface area contributed by atoms with Gasteiger partial charge in [0.05, 0.1) is 12.2 Å². The number of anilines is 2. The number of aryl methyl sites for hydroxylation is 1. The van der Waals surface area contributed by atoms with Gasteiger partial charge in [-0.2, -0.15) is 0 Å². The summed E-state index contributed by atoms with van der Waals surface area (Å²) in [4.78, 5) is 25.8. The molecule has 1 aliphatic rings. The standard InChI is InChI=1S/C29H37N5O3/c1-21(2)34(20-36)28-29(32(4)17-10-18-35)33(19-23-11-6-5-7-12-23)27(31-28)25-15-16-26(30-22(25)3)37-24-13-8-9-14-24/h5-9,11-12,15-16,20-21,24,35H,10,13-14,17-19H2,1-4H3. The van der Waals surface area contributed by atoms with Crippen LogP contribution in [0.5, 0.6) is 5.88 Å². The Morgan fingerprint density at radius 3 is 2.49 bits per heavy atom. The fraction of sp³-hybridized carbons (Fsp3) is 0.414. The molecular formula is C29H37N5O3. The lowest BCUT2D eigenvalue weighted by Gasteiger charge is -2.27. The van der Waals surface area contributed by atoms with E-state index in [4.69, 9.17) is 14.7 Å². The largest absolute Gasteiger partial charge is 0.474 e. The van der Waals surface area contributed by atoms with Crippen LogP contribution in [0, 0.1) is 6.92 Å². The molecule has 2 heterocycles. The SMILES string of the molecule is Cc1nc(OC2CC=CC2)ccc1-c1nc(N(C=O)C(C)C)c(N(C)CCCO)n1Cc1ccccc1. The maximum atomic E-state index is 12.2. The average molecular weight is 504 g/mol. The van der Waals surface area contributed by atoms with Crippen molar-refractivity contribution >= 4 is 18.0 Å². The van der Waals surface area contributed by atoms with Gasteiger partial charge in [0.15, 0.2) is 11.6 Å². The van der Waals surface area contributed by atoms with E-state index >= 15 is 0 Å². The maximum absolute atomic E-state index is 12.2. The molecule has 0 spiro atoms. The molecule has 37 heavy (non-hydrogen) atoms. The number of carbonyl (C=O) groups excluding carboxylic acids is 1. The molecule has 4 rings (SSSR count). The number of nitrogens with zero attached hydrogens (tertiary/aromatic N) is 5. The summed E-state index contributed by atoms with van der Waals surface area (Å²) in [6.45, 7) is 7.18. The van der Waals surface area contributed by atoms with Crippen LogP contribution in [0.4, 0.5) is 11.6 Å². The topological polar surface area (TPSA) is 83.7 Å². The van der Waals surface area contributed by atoms with Gasteiger partial charge in [0.25, 0.3) is 0 Å². The van der Waals surface area contributed by atoms with Gasteiger partial charge in [-0.1, -0.05) is 42.5 Å². The molecule has 0 aliphatic heterocycles. The summed E-state index contributed by atoms with van der Waals surface area (Å²) < 4.78 is 8.23. The summed E-state index contributed by atoms with van der Waals surface area (Å²) in [5.41, 5.74) is 2.80. The van der Waals surface area contributed by atoms with Crippen LogP contribution < -0.4 is 14.5 Å². The van der Waals surface area contributed by atoms with Crippen molar-refractivity contribution in [1.29, 1.82) is 0 Å². The van der Waals surface area contributed by atoms with E-state index in [9.17, 15) is 9.90 Å². The number of ether oxygens (including phenoxy) is 1. The molecule has 196 valence electrons. The van der Waals surface area contributed by atoms with Gasteiger partial charge in [-0.15, -0.1) is 0 Å². The fourth-order valence-corrected chi connectivity index (χ4v) is 4.63. The summed E-state index contributed by atoms with van der Waals surface area (Å²) in [5.74, 6) is 2.75. The minimum atomic E-state index is -0.0783. The third kappa shape index (κ3) is 6.02. The summed E-state index contributed by atoms with van der Waals surface area (Å²) in [6.07, 6.45) is 7.63. The van der Waals surface area contributed by atoms with Crippen molar-refractivity contribution in [1.82, 2.24) is 14.5 Å². The van der Waals surface area contributed by atoms with E-state index in [0.29, 0.717) is 31.2 Å². The number of aromatic nitrogens is 3. The number of pyridine rings is 1. The molecule has 0 radical (unpaired) electrons. The van der Waals surface area contributed by atoms with Crippen LogP contribution in [0.15, 0.2) is 54.6 Å². The minimum Gasteiger partial charge on any atom is -0.474 e. The van der Waals surface area contributed by atoms with Crippen LogP contribution >= 0.6 is 0 Å². The number of aliphatic hydroxyl groups excluding tert-OH is 1. The second kappa shape index (κ2) is 12.1. The molecule has 0 saturated carbocycles. The number of carbonyl (C=O) groups is 1. The second-order valence-corrected chi connectivity index (χ2v) is 9.72. The third-order valence-electron chi connectivity index (χ3n) is 6.59. The molecule has 0 saturated heterocycles. The van der Waals surface area contributed by atoms with Gasteiger partial charge < -0.3 is 19.3 Å². The Balaban J connectivity index is 1.84. The second-order valence-electron chi connectivity index (χ2n) is 9.72. The first-order valence-corrected chi connectivity index (χ1v) is 12.9. The Kier molecular flexibility index (Phi) is 8.61. The zero-order chi connectivity index (χ0) is 26.4. The summed E-state index contributed by atoms with van der Waals surface area (Å²) >= 11 is 0. The lowest BCUT2D eigenvalue weighted by atomic mass is 10.1. The molecular weight excluding hydrogens is 466 g/mol. The molecule has 1 aliphatic carbocycles. The van der Waals surface area contributed by atoms with E-state index in [-0.39, 0.29) is 18.8 Å². The molecule has 8 nitrogen and oxygen atoms in total. The zero-order valence-electron chi connectivity index (χ0n) is 22.2. The van der Waals surface area contributed by atoms with Gasteiger partial charge in [0, 0.05) is 50.7 Å². The Labute approximate surface area is 219 Å². The Hall–Kier alpha value is -3.65. The van der Waals surface area contributed by atoms with Crippen molar-refractivity contribution in [2.75, 3.05) is 30.0 Å². The molecule has 1 aromatic carbocycles. The lowest BCUT2D eigenvalue weighted by molar-refractivity contribution is -0.107. The van der Waals surface area contributed by atoms with Crippen molar-refractivity contribution in [3.8, 4) is 17.3 Å². The van der Waals surface area contributed by atoms with Crippen LogP contribution in [0.25, 0.3) is 11.4 Å². The highest BCUT2D eigenvalue weighted by Gasteiger charge is 2.28. The van der Waals surface area contributed by atoms with Gasteiger partial charge in [-0.3, -0.25) is 9.69 Å². The van der Waals surface area contributed by atoms with Crippen molar-refractivity contribution in [2.24, 2.45) is 0 Å². The van der Waals surface area contributed by atoms with Crippen LogP contribution in [0.2, 0.25) is 0 Å². The van der Waals surface area contributed by atoms with E-state index in [0.717, 1.165) is 47.7 Å². The van der Waals surface area contributed by atoms with Crippen molar-refractivity contribution < 1.29 is 14.6 Å². The van der Waals surface area contributed by atoms with Crippen LogP contribution in [0.1, 0.15) is 44.4 Å². The molecule has 3 aromatic rings. The predicted molar refractivity (Wildman–Crippen MR) is 147 cm³/mol. The van der Waals surface area contributed by atoms with E-state index in [1.807, 2.05) is 58.2 Å². The quantitative estimate of drug-likeness (QED) is 0.288. The number of benzene rings is 1. The Morgan fingerprint density at radius 2 is 1.86 bits per heavy atom. The van der Waals surface area contributed by atoms with E-state index < -0.39 is 0 Å². The molecule has 1 N–H and O–H groups in total. The third-order valence-corrected chi connectivity index (χ3v) is 6.59. The molecule has 0 bridgehead atoms. The maximum Gasteiger partial charge on any atom is 0.215 e. The molecule has 0 unspecified atom stereocenters. The van der Waals surface area contributed by atoms with Crippen LogP contribution in [0.3, 0.4) is 0 Å². The first-order valence-electron chi connectivity index (χ1n) is 12.9. The minimum absolute atomic E-state index is 0.0783. The summed E-state index contributed by atoms with van der Waals surface area (Å²) in [5, 5.41) is 9.49. The Bertz CT molecular complexity index is 1210. The molecule has 2 aromatic heterocycles. The van der Waals surface area contributed by atoms with Crippen molar-refractivity contribution in [2.45, 2.75) is 58.7 Å².